The first-order valence-corrected chi connectivity index (χ1v) is 6.22. The zero-order chi connectivity index (χ0) is 13.1. The first kappa shape index (κ1) is 20.2. The van der Waals surface area contributed by atoms with Gasteiger partial charge >= 0.3 is 41.5 Å². The summed E-state index contributed by atoms with van der Waals surface area (Å²) in [7, 11) is 0. The Balaban J connectivity index is 0. The van der Waals surface area contributed by atoms with Gasteiger partial charge in [-0.15, -0.1) is 0 Å². The number of nitrogens with zero attached hydrogens (tertiary/aromatic N) is 1. The van der Waals surface area contributed by atoms with Gasteiger partial charge in [-0.25, -0.2) is 0 Å². The SMILES string of the molecule is CCCCCCCCN(CC(=O)O)CC(=O)O.[Na+]. The molecule has 0 rings (SSSR count). The van der Waals surface area contributed by atoms with Crippen molar-refractivity contribution in [1.82, 2.24) is 4.90 Å². The fourth-order valence-electron chi connectivity index (χ4n) is 1.71. The third-order valence-electron chi connectivity index (χ3n) is 2.55. The van der Waals surface area contributed by atoms with Gasteiger partial charge in [0, 0.05) is 0 Å². The van der Waals surface area contributed by atoms with Crippen LogP contribution in [0, 0.1) is 0 Å². The Morgan fingerprint density at radius 3 is 1.78 bits per heavy atom. The first-order valence-electron chi connectivity index (χ1n) is 6.22. The topological polar surface area (TPSA) is 77.8 Å². The predicted molar refractivity (Wildman–Crippen MR) is 65.1 cm³/mol. The molecule has 0 amide bonds. The number of rotatable bonds is 11. The van der Waals surface area contributed by atoms with Crippen LogP contribution in [0.4, 0.5) is 0 Å². The molecular weight excluding hydrogens is 245 g/mol. The first-order chi connectivity index (χ1) is 8.06. The van der Waals surface area contributed by atoms with Gasteiger partial charge in [0.05, 0.1) is 13.1 Å². The predicted octanol–water partition coefficient (Wildman–Crippen LogP) is -1.18. The van der Waals surface area contributed by atoms with Crippen LogP contribution < -0.4 is 29.6 Å². The van der Waals surface area contributed by atoms with Crippen molar-refractivity contribution in [3.05, 3.63) is 0 Å². The van der Waals surface area contributed by atoms with Gasteiger partial charge in [-0.3, -0.25) is 14.5 Å². The summed E-state index contributed by atoms with van der Waals surface area (Å²) in [6.07, 6.45) is 6.67. The number of hydrogen-bond acceptors (Lipinski definition) is 3. The van der Waals surface area contributed by atoms with Crippen LogP contribution in [0.2, 0.25) is 0 Å². The van der Waals surface area contributed by atoms with Gasteiger partial charge < -0.3 is 10.2 Å². The molecule has 0 bridgehead atoms. The number of carboxylic acids is 2. The molecule has 0 saturated heterocycles. The molecular formula is C12H23NNaO4+. The summed E-state index contributed by atoms with van der Waals surface area (Å²) in [4.78, 5) is 22.5. The van der Waals surface area contributed by atoms with E-state index in [0.717, 1.165) is 19.3 Å². The fourth-order valence-corrected chi connectivity index (χ4v) is 1.71. The van der Waals surface area contributed by atoms with Crippen molar-refractivity contribution in [3.8, 4) is 0 Å². The molecule has 0 unspecified atom stereocenters. The second-order valence-corrected chi connectivity index (χ2v) is 4.27. The van der Waals surface area contributed by atoms with E-state index in [1.165, 1.54) is 24.2 Å². The quantitative estimate of drug-likeness (QED) is 0.364. The van der Waals surface area contributed by atoms with Gasteiger partial charge in [-0.2, -0.15) is 0 Å². The van der Waals surface area contributed by atoms with Crippen LogP contribution in [0.1, 0.15) is 45.4 Å². The summed E-state index contributed by atoms with van der Waals surface area (Å²) >= 11 is 0. The van der Waals surface area contributed by atoms with Gasteiger partial charge in [-0.05, 0) is 13.0 Å². The standard InChI is InChI=1S/C12H23NO4.Na/c1-2-3-4-5-6-7-8-13(9-11(14)15)10-12(16)17;/h2-10H2,1H3,(H,14,15)(H,16,17);/q;+1. The number of aliphatic carboxylic acids is 2. The molecule has 0 heterocycles. The van der Waals surface area contributed by atoms with Crippen molar-refractivity contribution in [2.75, 3.05) is 19.6 Å². The molecule has 2 N–H and O–H groups in total. The second-order valence-electron chi connectivity index (χ2n) is 4.27. The Kier molecular flexibility index (Phi) is 15.0. The van der Waals surface area contributed by atoms with E-state index in [0.29, 0.717) is 6.54 Å². The number of carbonyl (C=O) groups is 2. The second kappa shape index (κ2) is 13.3. The molecule has 0 aromatic carbocycles. The average molecular weight is 268 g/mol. The van der Waals surface area contributed by atoms with Crippen LogP contribution >= 0.6 is 0 Å². The van der Waals surface area contributed by atoms with Crippen LogP contribution in [-0.2, 0) is 9.59 Å². The van der Waals surface area contributed by atoms with Crippen molar-refractivity contribution in [3.63, 3.8) is 0 Å². The van der Waals surface area contributed by atoms with E-state index in [1.807, 2.05) is 0 Å². The summed E-state index contributed by atoms with van der Waals surface area (Å²) in [5.74, 6) is -1.95. The fraction of sp³-hybridized carbons (Fsp3) is 0.833. The molecule has 100 valence electrons. The molecule has 18 heavy (non-hydrogen) atoms. The molecule has 0 aliphatic heterocycles. The van der Waals surface area contributed by atoms with E-state index in [2.05, 4.69) is 6.92 Å². The van der Waals surface area contributed by atoms with Crippen molar-refractivity contribution in [2.24, 2.45) is 0 Å². The van der Waals surface area contributed by atoms with E-state index in [4.69, 9.17) is 10.2 Å². The minimum absolute atomic E-state index is 0. The minimum Gasteiger partial charge on any atom is -0.480 e. The maximum atomic E-state index is 10.5. The Hall–Kier alpha value is -0.100. The monoisotopic (exact) mass is 268 g/mol. The van der Waals surface area contributed by atoms with Gasteiger partial charge in [0.25, 0.3) is 0 Å². The molecule has 0 saturated carbocycles. The van der Waals surface area contributed by atoms with Crippen molar-refractivity contribution in [2.45, 2.75) is 45.4 Å². The molecule has 0 atom stereocenters. The van der Waals surface area contributed by atoms with Gasteiger partial charge in [0.2, 0.25) is 0 Å². The molecule has 0 aromatic heterocycles. The number of carboxylic acid groups (broad SMARTS) is 2. The third-order valence-corrected chi connectivity index (χ3v) is 2.55. The van der Waals surface area contributed by atoms with E-state index in [-0.39, 0.29) is 42.6 Å². The Labute approximate surface area is 131 Å². The minimum atomic E-state index is -0.975. The van der Waals surface area contributed by atoms with E-state index < -0.39 is 11.9 Å². The van der Waals surface area contributed by atoms with Crippen LogP contribution in [0.3, 0.4) is 0 Å². The summed E-state index contributed by atoms with van der Waals surface area (Å²) in [5.41, 5.74) is 0. The third kappa shape index (κ3) is 14.0. The van der Waals surface area contributed by atoms with Crippen LogP contribution in [-0.4, -0.2) is 46.7 Å². The van der Waals surface area contributed by atoms with E-state index in [9.17, 15) is 9.59 Å². The molecule has 5 nitrogen and oxygen atoms in total. The molecule has 6 heteroatoms. The van der Waals surface area contributed by atoms with Crippen molar-refractivity contribution < 1.29 is 49.4 Å². The van der Waals surface area contributed by atoms with Crippen LogP contribution in [0.15, 0.2) is 0 Å². The van der Waals surface area contributed by atoms with Crippen molar-refractivity contribution in [1.29, 1.82) is 0 Å². The molecule has 0 radical (unpaired) electrons. The van der Waals surface area contributed by atoms with Crippen LogP contribution in [0.5, 0.6) is 0 Å². The summed E-state index contributed by atoms with van der Waals surface area (Å²) in [6.45, 7) is 2.31. The molecule has 0 fully saturated rings. The Morgan fingerprint density at radius 2 is 1.33 bits per heavy atom. The largest absolute Gasteiger partial charge is 1.00 e. The summed E-state index contributed by atoms with van der Waals surface area (Å²) in [6, 6.07) is 0. The van der Waals surface area contributed by atoms with E-state index in [1.54, 1.807) is 0 Å². The molecule has 0 aromatic rings. The summed E-state index contributed by atoms with van der Waals surface area (Å²) in [5, 5.41) is 17.3. The maximum Gasteiger partial charge on any atom is 1.00 e. The number of hydrogen-bond donors (Lipinski definition) is 2. The molecule has 0 aliphatic carbocycles. The van der Waals surface area contributed by atoms with Gasteiger partial charge in [0.1, 0.15) is 0 Å². The maximum absolute atomic E-state index is 10.5. The normalized spacial score (nSPS) is 10.1. The van der Waals surface area contributed by atoms with Gasteiger partial charge in [0.15, 0.2) is 0 Å². The molecule has 0 aliphatic rings. The average Bonchev–Trinajstić information content (AvgIpc) is 2.21. The number of unbranched alkanes of at least 4 members (excludes halogenated alkanes) is 5. The van der Waals surface area contributed by atoms with Gasteiger partial charge in [-0.1, -0.05) is 39.0 Å². The smallest absolute Gasteiger partial charge is 0.480 e. The summed E-state index contributed by atoms with van der Waals surface area (Å²) < 4.78 is 0. The van der Waals surface area contributed by atoms with E-state index >= 15 is 0 Å². The van der Waals surface area contributed by atoms with Crippen molar-refractivity contribution >= 4 is 11.9 Å². The van der Waals surface area contributed by atoms with Crippen LogP contribution in [0.25, 0.3) is 0 Å². The zero-order valence-electron chi connectivity index (χ0n) is 11.5. The Bertz CT molecular complexity index is 220. The molecule has 0 spiro atoms. The Morgan fingerprint density at radius 1 is 0.889 bits per heavy atom. The zero-order valence-corrected chi connectivity index (χ0v) is 13.5.